The lowest BCUT2D eigenvalue weighted by Gasteiger charge is -1.94. The van der Waals surface area contributed by atoms with E-state index in [1.807, 2.05) is 0 Å². The first-order valence-electron chi connectivity index (χ1n) is 6.13. The van der Waals surface area contributed by atoms with Gasteiger partial charge in [0.05, 0.1) is 10.2 Å². The van der Waals surface area contributed by atoms with Gasteiger partial charge in [0.2, 0.25) is 0 Å². The second kappa shape index (κ2) is 5.96. The minimum absolute atomic E-state index is 0. The number of benzene rings is 1. The first kappa shape index (κ1) is 14.4. The predicted molar refractivity (Wildman–Crippen MR) is 75.7 cm³/mol. The standard InChI is InChI=1S/C15H15N2S.HI/c1-3-17-9-7-12(8-10-17)15-16-14-11(2)5-4-6-13(14)18-15;/h4-10H,3H2,1-2H3;1H/q+1;/p-1. The normalized spacial score (nSPS) is 10.4. The number of aryl methyl sites for hydroxylation is 2. The lowest BCUT2D eigenvalue weighted by atomic mass is 10.2. The summed E-state index contributed by atoms with van der Waals surface area (Å²) >= 11 is 1.76. The van der Waals surface area contributed by atoms with E-state index in [1.165, 1.54) is 15.8 Å². The second-order valence-electron chi connectivity index (χ2n) is 4.36. The molecule has 98 valence electrons. The molecule has 4 heteroatoms. The van der Waals surface area contributed by atoms with Gasteiger partial charge in [-0.25, -0.2) is 9.55 Å². The maximum Gasteiger partial charge on any atom is 0.169 e. The number of aromatic nitrogens is 2. The lowest BCUT2D eigenvalue weighted by molar-refractivity contribution is -0.693. The number of halogens is 1. The summed E-state index contributed by atoms with van der Waals surface area (Å²) in [6, 6.07) is 10.6. The lowest BCUT2D eigenvalue weighted by Crippen LogP contribution is -3.00. The van der Waals surface area contributed by atoms with E-state index < -0.39 is 0 Å². The molecule has 0 saturated carbocycles. The predicted octanol–water partition coefficient (Wildman–Crippen LogP) is 0.583. The van der Waals surface area contributed by atoms with Gasteiger partial charge >= 0.3 is 0 Å². The number of nitrogens with zero attached hydrogens (tertiary/aromatic N) is 2. The molecule has 0 atom stereocenters. The number of fused-ring (bicyclic) bond motifs is 1. The summed E-state index contributed by atoms with van der Waals surface area (Å²) in [5, 5.41) is 1.10. The molecule has 2 heterocycles. The fourth-order valence-corrected chi connectivity index (χ4v) is 3.07. The number of thiazole rings is 1. The maximum atomic E-state index is 4.75. The van der Waals surface area contributed by atoms with Crippen LogP contribution in [-0.4, -0.2) is 4.98 Å². The second-order valence-corrected chi connectivity index (χ2v) is 5.39. The number of para-hydroxylation sites is 1. The minimum Gasteiger partial charge on any atom is -1.00 e. The highest BCUT2D eigenvalue weighted by molar-refractivity contribution is 7.21. The highest BCUT2D eigenvalue weighted by Crippen LogP contribution is 2.30. The molecule has 0 unspecified atom stereocenters. The molecule has 0 N–H and O–H groups in total. The van der Waals surface area contributed by atoms with E-state index in [0.29, 0.717) is 0 Å². The van der Waals surface area contributed by atoms with E-state index in [9.17, 15) is 0 Å². The summed E-state index contributed by atoms with van der Waals surface area (Å²) in [5.41, 5.74) is 3.57. The largest absolute Gasteiger partial charge is 1.00 e. The average molecular weight is 382 g/mol. The Hall–Kier alpha value is -1.01. The van der Waals surface area contributed by atoms with Crippen molar-refractivity contribution in [2.45, 2.75) is 20.4 Å². The van der Waals surface area contributed by atoms with Crippen LogP contribution in [0.25, 0.3) is 20.8 Å². The number of hydrogen-bond donors (Lipinski definition) is 0. The Labute approximate surface area is 134 Å². The fourth-order valence-electron chi connectivity index (χ4n) is 2.02. The molecule has 3 rings (SSSR count). The molecule has 0 bridgehead atoms. The fraction of sp³-hybridized carbons (Fsp3) is 0.200. The zero-order valence-corrected chi connectivity index (χ0v) is 13.9. The van der Waals surface area contributed by atoms with Gasteiger partial charge in [0.25, 0.3) is 0 Å². The van der Waals surface area contributed by atoms with Crippen molar-refractivity contribution in [1.29, 1.82) is 0 Å². The highest BCUT2D eigenvalue weighted by Gasteiger charge is 2.08. The number of rotatable bonds is 2. The molecule has 2 aromatic heterocycles. The summed E-state index contributed by atoms with van der Waals surface area (Å²) in [7, 11) is 0. The van der Waals surface area contributed by atoms with Crippen molar-refractivity contribution in [1.82, 2.24) is 4.98 Å². The van der Waals surface area contributed by atoms with Crippen molar-refractivity contribution in [3.05, 3.63) is 48.3 Å². The van der Waals surface area contributed by atoms with Gasteiger partial charge in [-0.05, 0) is 25.5 Å². The molecule has 3 aromatic rings. The Morgan fingerprint density at radius 1 is 1.16 bits per heavy atom. The van der Waals surface area contributed by atoms with E-state index in [1.54, 1.807) is 11.3 Å². The smallest absolute Gasteiger partial charge is 0.169 e. The Balaban J connectivity index is 0.00000133. The van der Waals surface area contributed by atoms with Gasteiger partial charge in [-0.2, -0.15) is 0 Å². The van der Waals surface area contributed by atoms with Crippen LogP contribution in [-0.2, 0) is 6.54 Å². The van der Waals surface area contributed by atoms with Crippen molar-refractivity contribution in [2.75, 3.05) is 0 Å². The van der Waals surface area contributed by atoms with Gasteiger partial charge in [-0.15, -0.1) is 11.3 Å². The van der Waals surface area contributed by atoms with Crippen LogP contribution in [0.1, 0.15) is 12.5 Å². The highest BCUT2D eigenvalue weighted by atomic mass is 127. The molecule has 0 aliphatic heterocycles. The molecule has 0 fully saturated rings. The van der Waals surface area contributed by atoms with Crippen molar-refractivity contribution < 1.29 is 28.5 Å². The summed E-state index contributed by atoms with van der Waals surface area (Å²) in [5.74, 6) is 0. The molecular weight excluding hydrogens is 367 g/mol. The molecular formula is C15H15IN2S. The maximum absolute atomic E-state index is 4.75. The molecule has 0 amide bonds. The van der Waals surface area contributed by atoms with Crippen LogP contribution in [0, 0.1) is 6.92 Å². The molecule has 0 spiro atoms. The van der Waals surface area contributed by atoms with Gasteiger partial charge in [0, 0.05) is 17.7 Å². The van der Waals surface area contributed by atoms with Gasteiger partial charge in [-0.3, -0.25) is 0 Å². The molecule has 19 heavy (non-hydrogen) atoms. The van der Waals surface area contributed by atoms with Crippen LogP contribution in [0.15, 0.2) is 42.7 Å². The van der Waals surface area contributed by atoms with Gasteiger partial charge < -0.3 is 24.0 Å². The van der Waals surface area contributed by atoms with Crippen LogP contribution < -0.4 is 28.5 Å². The zero-order chi connectivity index (χ0) is 12.5. The molecule has 2 nitrogen and oxygen atoms in total. The number of hydrogen-bond acceptors (Lipinski definition) is 2. The van der Waals surface area contributed by atoms with E-state index >= 15 is 0 Å². The van der Waals surface area contributed by atoms with E-state index in [0.717, 1.165) is 17.1 Å². The van der Waals surface area contributed by atoms with Crippen LogP contribution in [0.5, 0.6) is 0 Å². The van der Waals surface area contributed by atoms with Crippen LogP contribution in [0.2, 0.25) is 0 Å². The Kier molecular flexibility index (Phi) is 4.52. The Morgan fingerprint density at radius 3 is 2.53 bits per heavy atom. The van der Waals surface area contributed by atoms with Gasteiger partial charge in [0.1, 0.15) is 11.6 Å². The van der Waals surface area contributed by atoms with Crippen molar-refractivity contribution in [3.8, 4) is 10.6 Å². The quantitative estimate of drug-likeness (QED) is 0.468. The van der Waals surface area contributed by atoms with E-state index in [2.05, 4.69) is 61.1 Å². The van der Waals surface area contributed by atoms with Gasteiger partial charge in [0.15, 0.2) is 12.4 Å². The van der Waals surface area contributed by atoms with Crippen LogP contribution in [0.4, 0.5) is 0 Å². The first-order chi connectivity index (χ1) is 8.78. The topological polar surface area (TPSA) is 16.8 Å². The first-order valence-corrected chi connectivity index (χ1v) is 6.95. The third-order valence-corrected chi connectivity index (χ3v) is 4.19. The van der Waals surface area contributed by atoms with Crippen molar-refractivity contribution in [3.63, 3.8) is 0 Å². The minimum atomic E-state index is 0. The summed E-state index contributed by atoms with van der Waals surface area (Å²) in [6.07, 6.45) is 4.21. The number of pyridine rings is 1. The van der Waals surface area contributed by atoms with E-state index in [4.69, 9.17) is 4.98 Å². The molecule has 0 aliphatic rings. The SMILES string of the molecule is CC[n+]1ccc(-c2nc3c(C)cccc3s2)cc1.[I-]. The summed E-state index contributed by atoms with van der Waals surface area (Å²) < 4.78 is 3.42. The molecule has 0 aliphatic carbocycles. The Bertz CT molecular complexity index is 689. The molecule has 0 radical (unpaired) electrons. The Morgan fingerprint density at radius 2 is 1.89 bits per heavy atom. The summed E-state index contributed by atoms with van der Waals surface area (Å²) in [4.78, 5) is 4.75. The molecule has 1 aromatic carbocycles. The third kappa shape index (κ3) is 2.79. The zero-order valence-electron chi connectivity index (χ0n) is 10.9. The van der Waals surface area contributed by atoms with Crippen molar-refractivity contribution >= 4 is 21.6 Å². The van der Waals surface area contributed by atoms with E-state index in [-0.39, 0.29) is 24.0 Å². The average Bonchev–Trinajstić information content (AvgIpc) is 2.84. The van der Waals surface area contributed by atoms with Gasteiger partial charge in [-0.1, -0.05) is 12.1 Å². The monoisotopic (exact) mass is 382 g/mol. The third-order valence-electron chi connectivity index (χ3n) is 3.12. The van der Waals surface area contributed by atoms with Crippen LogP contribution >= 0.6 is 11.3 Å². The summed E-state index contributed by atoms with van der Waals surface area (Å²) in [6.45, 7) is 5.25. The van der Waals surface area contributed by atoms with Crippen molar-refractivity contribution in [2.24, 2.45) is 0 Å². The van der Waals surface area contributed by atoms with Crippen LogP contribution in [0.3, 0.4) is 0 Å². The molecule has 0 saturated heterocycles.